The van der Waals surface area contributed by atoms with Crippen molar-refractivity contribution in [2.24, 2.45) is 0 Å². The molecule has 2 heterocycles. The summed E-state index contributed by atoms with van der Waals surface area (Å²) in [5.41, 5.74) is 1.97. The van der Waals surface area contributed by atoms with Crippen molar-refractivity contribution < 1.29 is 57.3 Å². The molecule has 0 bridgehead atoms. The van der Waals surface area contributed by atoms with Crippen LogP contribution in [0.25, 0.3) is 10.8 Å². The van der Waals surface area contributed by atoms with Gasteiger partial charge in [0.25, 0.3) is 23.6 Å². The lowest BCUT2D eigenvalue weighted by Crippen LogP contribution is -2.53. The predicted octanol–water partition coefficient (Wildman–Crippen LogP) is 6.52. The number of nitrogens with zero attached hydrogens (tertiary/aromatic N) is 2. The number of hydrogen-bond acceptors (Lipinski definition) is 12. The van der Waals surface area contributed by atoms with Crippen molar-refractivity contribution in [2.75, 3.05) is 0 Å². The van der Waals surface area contributed by atoms with E-state index < -0.39 is 72.4 Å². The summed E-state index contributed by atoms with van der Waals surface area (Å²) in [5, 5.41) is -0.0905. The Balaban J connectivity index is 1.10. The monoisotopic (exact) mass is 858 g/mol. The van der Waals surface area contributed by atoms with Gasteiger partial charge in [0.15, 0.2) is 0 Å². The highest BCUT2D eigenvalue weighted by atomic mass is 16.5. The maximum atomic E-state index is 14.5. The SMILES string of the molecule is O=C(C[C@@H](C(=O)OCc1ccccc1)N1C(=O)c2ccc3c4c(ccc(c24)C1=O)C(=O)N([C@@H](CC(=O)OCc1ccccc1)C(=O)OCc1ccccc1)C3=O)OCc1ccccc1. The Kier molecular flexibility index (Phi) is 12.5. The molecule has 320 valence electrons. The third-order valence-electron chi connectivity index (χ3n) is 10.8. The first kappa shape index (κ1) is 42.4. The first-order valence-corrected chi connectivity index (χ1v) is 20.2. The van der Waals surface area contributed by atoms with E-state index in [0.29, 0.717) is 32.1 Å². The van der Waals surface area contributed by atoms with Gasteiger partial charge in [-0.1, -0.05) is 121 Å². The maximum Gasteiger partial charge on any atom is 0.330 e. The van der Waals surface area contributed by atoms with E-state index in [1.165, 1.54) is 24.3 Å². The minimum absolute atomic E-state index is 0.0452. The van der Waals surface area contributed by atoms with Crippen LogP contribution in [0.4, 0.5) is 0 Å². The molecular weight excluding hydrogens is 821 g/mol. The van der Waals surface area contributed by atoms with Crippen LogP contribution in [0.2, 0.25) is 0 Å². The average Bonchev–Trinajstić information content (AvgIpc) is 3.32. The quantitative estimate of drug-likeness (QED) is 0.0585. The number of amides is 4. The lowest BCUT2D eigenvalue weighted by Gasteiger charge is -2.35. The second-order valence-electron chi connectivity index (χ2n) is 15.0. The minimum atomic E-state index is -1.77. The van der Waals surface area contributed by atoms with Crippen LogP contribution >= 0.6 is 0 Å². The number of hydrogen-bond donors (Lipinski definition) is 0. The van der Waals surface area contributed by atoms with E-state index >= 15 is 0 Å². The molecule has 0 fully saturated rings. The van der Waals surface area contributed by atoms with Crippen molar-refractivity contribution in [3.05, 3.63) is 190 Å². The number of esters is 4. The van der Waals surface area contributed by atoms with Crippen molar-refractivity contribution in [1.29, 1.82) is 0 Å². The van der Waals surface area contributed by atoms with Gasteiger partial charge in [0.2, 0.25) is 0 Å². The lowest BCUT2D eigenvalue weighted by atomic mass is 9.85. The van der Waals surface area contributed by atoms with Crippen molar-refractivity contribution in [1.82, 2.24) is 9.80 Å². The van der Waals surface area contributed by atoms with Gasteiger partial charge in [-0.3, -0.25) is 38.6 Å². The van der Waals surface area contributed by atoms with E-state index in [4.69, 9.17) is 18.9 Å². The zero-order valence-electron chi connectivity index (χ0n) is 34.0. The molecule has 0 unspecified atom stereocenters. The van der Waals surface area contributed by atoms with E-state index in [1.54, 1.807) is 121 Å². The van der Waals surface area contributed by atoms with E-state index in [9.17, 15) is 38.4 Å². The van der Waals surface area contributed by atoms with E-state index in [1.807, 2.05) is 0 Å². The molecule has 6 aromatic rings. The molecule has 0 spiro atoms. The Labute approximate surface area is 365 Å². The fourth-order valence-corrected chi connectivity index (χ4v) is 7.60. The summed E-state index contributed by atoms with van der Waals surface area (Å²) >= 11 is 0. The van der Waals surface area contributed by atoms with Crippen LogP contribution in [0.5, 0.6) is 0 Å². The van der Waals surface area contributed by atoms with Gasteiger partial charge < -0.3 is 18.9 Å². The summed E-state index contributed by atoms with van der Waals surface area (Å²) in [5.74, 6) is -7.86. The molecule has 14 heteroatoms. The molecule has 2 aliphatic heterocycles. The summed E-state index contributed by atoms with van der Waals surface area (Å²) < 4.78 is 22.0. The van der Waals surface area contributed by atoms with Crippen molar-refractivity contribution >= 4 is 58.3 Å². The second kappa shape index (κ2) is 18.8. The molecule has 6 aromatic carbocycles. The number of carbonyl (C=O) groups is 8. The van der Waals surface area contributed by atoms with E-state index in [0.717, 1.165) is 0 Å². The predicted molar refractivity (Wildman–Crippen MR) is 227 cm³/mol. The van der Waals surface area contributed by atoms with Gasteiger partial charge in [-0.15, -0.1) is 0 Å². The first-order chi connectivity index (χ1) is 31.1. The third kappa shape index (κ3) is 8.88. The molecule has 2 aliphatic rings. The van der Waals surface area contributed by atoms with Gasteiger partial charge >= 0.3 is 23.9 Å². The van der Waals surface area contributed by atoms with E-state index in [2.05, 4.69) is 0 Å². The fourth-order valence-electron chi connectivity index (χ4n) is 7.60. The smallest absolute Gasteiger partial charge is 0.330 e. The number of benzene rings is 6. The largest absolute Gasteiger partial charge is 0.461 e. The standard InChI is InChI=1S/C50H38N2O12/c53-41(61-27-31-13-5-1-6-14-31)25-39(49(59)63-29-33-17-9-3-10-18-33)51-45(55)35-21-23-37-44-38(24-22-36(43(35)44)46(51)56)48(58)52(47(37)57)40(50(60)64-30-34-19-11-4-12-20-34)26-42(54)62-28-32-15-7-2-8-16-32/h1-24,39-40H,25-30H2/t39-,40-/m0/s1. The summed E-state index contributed by atoms with van der Waals surface area (Å²) in [7, 11) is 0. The van der Waals surface area contributed by atoms with Crippen LogP contribution in [0.15, 0.2) is 146 Å². The van der Waals surface area contributed by atoms with Crippen molar-refractivity contribution in [2.45, 2.75) is 51.4 Å². The first-order valence-electron chi connectivity index (χ1n) is 20.2. The number of carbonyl (C=O) groups excluding carboxylic acids is 8. The topological polar surface area (TPSA) is 180 Å². The summed E-state index contributed by atoms with van der Waals surface area (Å²) in [4.78, 5) is 113. The third-order valence-corrected chi connectivity index (χ3v) is 10.8. The molecule has 64 heavy (non-hydrogen) atoms. The fraction of sp³-hybridized carbons (Fsp3) is 0.160. The Bertz CT molecular complexity index is 2530. The molecule has 14 nitrogen and oxygen atoms in total. The van der Waals surface area contributed by atoms with Crippen LogP contribution in [-0.4, -0.2) is 69.4 Å². The highest BCUT2D eigenvalue weighted by Crippen LogP contribution is 2.39. The molecule has 2 atom stereocenters. The Morgan fingerprint density at radius 2 is 0.609 bits per heavy atom. The highest BCUT2D eigenvalue weighted by molar-refractivity contribution is 6.34. The summed E-state index contributed by atoms with van der Waals surface area (Å²) in [6, 6.07) is 36.4. The Hall–Kier alpha value is -8.26. The number of ether oxygens (including phenoxy) is 4. The van der Waals surface area contributed by atoms with Crippen molar-refractivity contribution in [3.63, 3.8) is 0 Å². The van der Waals surface area contributed by atoms with Gasteiger partial charge in [-0.25, -0.2) is 9.59 Å². The zero-order chi connectivity index (χ0) is 44.7. The van der Waals surface area contributed by atoms with Gasteiger partial charge in [-0.2, -0.15) is 0 Å². The average molecular weight is 859 g/mol. The Morgan fingerprint density at radius 3 is 0.875 bits per heavy atom. The minimum Gasteiger partial charge on any atom is -0.461 e. The molecule has 4 amide bonds. The van der Waals surface area contributed by atoms with Crippen LogP contribution in [0.3, 0.4) is 0 Å². The highest BCUT2D eigenvalue weighted by Gasteiger charge is 2.47. The van der Waals surface area contributed by atoms with Gasteiger partial charge in [0.05, 0.1) is 12.8 Å². The molecule has 8 rings (SSSR count). The number of rotatable bonds is 16. The van der Waals surface area contributed by atoms with Crippen molar-refractivity contribution in [3.8, 4) is 0 Å². The zero-order valence-corrected chi connectivity index (χ0v) is 34.0. The molecule has 0 saturated heterocycles. The van der Waals surface area contributed by atoms with Crippen LogP contribution in [0, 0.1) is 0 Å². The van der Waals surface area contributed by atoms with Crippen LogP contribution in [-0.2, 0) is 64.6 Å². The van der Waals surface area contributed by atoms with Gasteiger partial charge in [0, 0.05) is 33.0 Å². The summed E-state index contributed by atoms with van der Waals surface area (Å²) in [6.45, 7) is -0.728. The molecule has 0 N–H and O–H groups in total. The van der Waals surface area contributed by atoms with Gasteiger partial charge in [-0.05, 0) is 46.5 Å². The molecule has 0 aliphatic carbocycles. The lowest BCUT2D eigenvalue weighted by molar-refractivity contribution is -0.156. The molecule has 0 radical (unpaired) electrons. The summed E-state index contributed by atoms with van der Waals surface area (Å²) in [6.07, 6.45) is -1.48. The van der Waals surface area contributed by atoms with Crippen LogP contribution < -0.4 is 0 Å². The number of imide groups is 2. The molecular formula is C50H38N2O12. The van der Waals surface area contributed by atoms with Crippen LogP contribution in [0.1, 0.15) is 76.5 Å². The normalized spacial score (nSPS) is 13.9. The Morgan fingerprint density at radius 1 is 0.359 bits per heavy atom. The van der Waals surface area contributed by atoms with E-state index in [-0.39, 0.29) is 59.5 Å². The molecule has 0 saturated carbocycles. The molecule has 0 aromatic heterocycles. The second-order valence-corrected chi connectivity index (χ2v) is 15.0. The van der Waals surface area contributed by atoms with Gasteiger partial charge in [0.1, 0.15) is 38.5 Å². The maximum absolute atomic E-state index is 14.5.